The minimum atomic E-state index is -0.886. The second-order valence-corrected chi connectivity index (χ2v) is 4.48. The van der Waals surface area contributed by atoms with Gasteiger partial charge in [-0.3, -0.25) is 0 Å². The van der Waals surface area contributed by atoms with Crippen molar-refractivity contribution in [1.29, 1.82) is 0 Å². The minimum absolute atomic E-state index is 0.353. The van der Waals surface area contributed by atoms with E-state index in [4.69, 9.17) is 0 Å². The van der Waals surface area contributed by atoms with Crippen LogP contribution in [0.2, 0.25) is 0 Å². The molecule has 0 amide bonds. The Hall–Kier alpha value is -2.55. The fourth-order valence-electron chi connectivity index (χ4n) is 2.33. The molecule has 0 spiro atoms. The molecule has 3 rings (SSSR count). The van der Waals surface area contributed by atoms with Gasteiger partial charge < -0.3 is 9.67 Å². The lowest BCUT2D eigenvalue weighted by atomic mass is 10.2. The van der Waals surface area contributed by atoms with Gasteiger partial charge in [-0.05, 0) is 11.6 Å². The zero-order valence-electron chi connectivity index (χ0n) is 12.3. The molecule has 1 heterocycles. The van der Waals surface area contributed by atoms with Crippen LogP contribution in [0.25, 0.3) is 10.9 Å². The Morgan fingerprint density at radius 2 is 1.62 bits per heavy atom. The van der Waals surface area contributed by atoms with Crippen LogP contribution in [-0.2, 0) is 6.54 Å². The number of hydrogen-bond donors (Lipinski definition) is 1. The normalized spacial score (nSPS) is 10.0. The highest BCUT2D eigenvalue weighted by Crippen LogP contribution is 2.22. The van der Waals surface area contributed by atoms with Gasteiger partial charge in [0.15, 0.2) is 0 Å². The number of hydrogen-bond acceptors (Lipinski definition) is 1. The van der Waals surface area contributed by atoms with E-state index in [2.05, 4.69) is 0 Å². The average molecular weight is 281 g/mol. The lowest BCUT2D eigenvalue weighted by molar-refractivity contribution is 0.0699. The van der Waals surface area contributed by atoms with Gasteiger partial charge in [-0.2, -0.15) is 0 Å². The van der Waals surface area contributed by atoms with E-state index in [0.29, 0.717) is 12.1 Å². The maximum absolute atomic E-state index is 11.3. The molecule has 0 bridgehead atoms. The van der Waals surface area contributed by atoms with E-state index in [0.717, 1.165) is 16.5 Å². The van der Waals surface area contributed by atoms with Crippen molar-refractivity contribution >= 4 is 16.9 Å². The topological polar surface area (TPSA) is 42.2 Å². The number of aromatic nitrogens is 1. The zero-order valence-corrected chi connectivity index (χ0v) is 12.3. The van der Waals surface area contributed by atoms with Gasteiger partial charge in [0.2, 0.25) is 0 Å². The summed E-state index contributed by atoms with van der Waals surface area (Å²) in [7, 11) is 0. The number of aromatic carboxylic acids is 1. The van der Waals surface area contributed by atoms with Crippen molar-refractivity contribution in [1.82, 2.24) is 4.57 Å². The van der Waals surface area contributed by atoms with Gasteiger partial charge in [0.05, 0.1) is 5.56 Å². The van der Waals surface area contributed by atoms with Crippen molar-refractivity contribution in [2.75, 3.05) is 0 Å². The zero-order chi connectivity index (χ0) is 15.2. The summed E-state index contributed by atoms with van der Waals surface area (Å²) in [5.41, 5.74) is 2.45. The number of fused-ring (bicyclic) bond motifs is 1. The Labute approximate surface area is 124 Å². The summed E-state index contributed by atoms with van der Waals surface area (Å²) in [5, 5.41) is 10.0. The number of para-hydroxylation sites is 1. The molecule has 3 heteroatoms. The van der Waals surface area contributed by atoms with Crippen LogP contribution in [0.1, 0.15) is 29.8 Å². The molecule has 1 aromatic heterocycles. The van der Waals surface area contributed by atoms with Gasteiger partial charge in [0.25, 0.3) is 0 Å². The third kappa shape index (κ3) is 3.14. The molecular weight excluding hydrogens is 262 g/mol. The second kappa shape index (κ2) is 6.75. The first-order chi connectivity index (χ1) is 10.3. The Kier molecular flexibility index (Phi) is 4.77. The van der Waals surface area contributed by atoms with Crippen molar-refractivity contribution in [2.24, 2.45) is 0 Å². The minimum Gasteiger partial charge on any atom is -0.478 e. The summed E-state index contributed by atoms with van der Waals surface area (Å²) in [5.74, 6) is -0.886. The molecule has 21 heavy (non-hydrogen) atoms. The third-order valence-electron chi connectivity index (χ3n) is 3.21. The van der Waals surface area contributed by atoms with E-state index in [1.807, 2.05) is 73.0 Å². The van der Waals surface area contributed by atoms with Gasteiger partial charge >= 0.3 is 5.97 Å². The van der Waals surface area contributed by atoms with E-state index in [9.17, 15) is 9.90 Å². The third-order valence-corrected chi connectivity index (χ3v) is 3.21. The Bertz CT molecular complexity index is 729. The molecule has 0 atom stereocenters. The van der Waals surface area contributed by atoms with Crippen LogP contribution in [-0.4, -0.2) is 15.6 Å². The molecule has 0 saturated heterocycles. The van der Waals surface area contributed by atoms with Gasteiger partial charge in [-0.15, -0.1) is 0 Å². The standard InChI is InChI=1S/C16H13NO2.C2H6/c18-16(19)14-11-17(10-12-6-2-1-3-7-12)15-9-5-4-8-13(14)15;1-2/h1-9,11H,10H2,(H,18,19);1-2H3. The van der Waals surface area contributed by atoms with E-state index in [1.54, 1.807) is 6.20 Å². The van der Waals surface area contributed by atoms with Crippen LogP contribution in [0.3, 0.4) is 0 Å². The fraction of sp³-hybridized carbons (Fsp3) is 0.167. The van der Waals surface area contributed by atoms with Crippen molar-refractivity contribution in [3.05, 3.63) is 71.9 Å². The maximum Gasteiger partial charge on any atom is 0.337 e. The quantitative estimate of drug-likeness (QED) is 0.772. The van der Waals surface area contributed by atoms with Crippen molar-refractivity contribution in [3.63, 3.8) is 0 Å². The predicted octanol–water partition coefficient (Wildman–Crippen LogP) is 4.41. The van der Waals surface area contributed by atoms with Crippen LogP contribution in [0.4, 0.5) is 0 Å². The summed E-state index contributed by atoms with van der Waals surface area (Å²) < 4.78 is 1.98. The SMILES string of the molecule is CC.O=C(O)c1cn(Cc2ccccc2)c2ccccc12. The number of rotatable bonds is 3. The first-order valence-electron chi connectivity index (χ1n) is 7.11. The van der Waals surface area contributed by atoms with Crippen LogP contribution in [0, 0.1) is 0 Å². The number of nitrogens with zero attached hydrogens (tertiary/aromatic N) is 1. The van der Waals surface area contributed by atoms with E-state index in [1.165, 1.54) is 0 Å². The summed E-state index contributed by atoms with van der Waals surface area (Å²) in [6.07, 6.45) is 1.71. The Morgan fingerprint density at radius 1 is 1.00 bits per heavy atom. The molecule has 0 saturated carbocycles. The van der Waals surface area contributed by atoms with Crippen LogP contribution in [0.5, 0.6) is 0 Å². The van der Waals surface area contributed by atoms with Crippen LogP contribution < -0.4 is 0 Å². The molecule has 0 fully saturated rings. The highest BCUT2D eigenvalue weighted by Gasteiger charge is 2.13. The molecule has 0 aliphatic heterocycles. The molecule has 2 aromatic carbocycles. The van der Waals surface area contributed by atoms with Crippen molar-refractivity contribution < 1.29 is 9.90 Å². The highest BCUT2D eigenvalue weighted by molar-refractivity contribution is 6.03. The first-order valence-corrected chi connectivity index (χ1v) is 7.11. The van der Waals surface area contributed by atoms with E-state index in [-0.39, 0.29) is 0 Å². The van der Waals surface area contributed by atoms with Crippen LogP contribution >= 0.6 is 0 Å². The van der Waals surface area contributed by atoms with Crippen molar-refractivity contribution in [3.8, 4) is 0 Å². The maximum atomic E-state index is 11.3. The molecule has 1 N–H and O–H groups in total. The summed E-state index contributed by atoms with van der Waals surface area (Å²) >= 11 is 0. The Balaban J connectivity index is 0.000000774. The van der Waals surface area contributed by atoms with Gasteiger partial charge in [0.1, 0.15) is 0 Å². The average Bonchev–Trinajstić information content (AvgIpc) is 2.90. The predicted molar refractivity (Wildman–Crippen MR) is 85.8 cm³/mol. The monoisotopic (exact) mass is 281 g/mol. The molecule has 0 unspecified atom stereocenters. The summed E-state index contributed by atoms with van der Waals surface area (Å²) in [4.78, 5) is 11.3. The second-order valence-electron chi connectivity index (χ2n) is 4.48. The smallest absolute Gasteiger partial charge is 0.337 e. The molecule has 108 valence electrons. The number of benzene rings is 2. The first kappa shape index (κ1) is 14.9. The number of carboxylic acid groups (broad SMARTS) is 1. The van der Waals surface area contributed by atoms with E-state index >= 15 is 0 Å². The lowest BCUT2D eigenvalue weighted by Crippen LogP contribution is -1.98. The molecule has 0 aliphatic rings. The molecule has 0 aliphatic carbocycles. The molecular formula is C18H19NO2. The van der Waals surface area contributed by atoms with Gasteiger partial charge in [-0.1, -0.05) is 62.4 Å². The number of carbonyl (C=O) groups is 1. The van der Waals surface area contributed by atoms with Crippen molar-refractivity contribution in [2.45, 2.75) is 20.4 Å². The molecule has 3 aromatic rings. The van der Waals surface area contributed by atoms with Crippen LogP contribution in [0.15, 0.2) is 60.8 Å². The van der Waals surface area contributed by atoms with E-state index < -0.39 is 5.97 Å². The molecule has 3 nitrogen and oxygen atoms in total. The van der Waals surface area contributed by atoms with Gasteiger partial charge in [0, 0.05) is 23.6 Å². The summed E-state index contributed by atoms with van der Waals surface area (Å²) in [6, 6.07) is 17.6. The highest BCUT2D eigenvalue weighted by atomic mass is 16.4. The lowest BCUT2D eigenvalue weighted by Gasteiger charge is -2.05. The molecule has 0 radical (unpaired) electrons. The largest absolute Gasteiger partial charge is 0.478 e. The summed E-state index contributed by atoms with van der Waals surface area (Å²) in [6.45, 7) is 4.68. The number of carboxylic acids is 1. The van der Waals surface area contributed by atoms with Gasteiger partial charge in [-0.25, -0.2) is 4.79 Å². The Morgan fingerprint density at radius 3 is 2.29 bits per heavy atom. The fourth-order valence-corrected chi connectivity index (χ4v) is 2.33.